The Bertz CT molecular complexity index is 235. The second-order valence-electron chi connectivity index (χ2n) is 2.48. The van der Waals surface area contributed by atoms with E-state index in [-0.39, 0.29) is 0 Å². The summed E-state index contributed by atoms with van der Waals surface area (Å²) in [6.07, 6.45) is 4.68. The van der Waals surface area contributed by atoms with Crippen molar-refractivity contribution >= 4 is 38.5 Å². The standard InChI is InChI=1S/C6H6BrIN2/c7-6-5(8)3-10(9-6)4-1-2-4/h3-4H,1-2H2. The summed E-state index contributed by atoms with van der Waals surface area (Å²) in [5, 5.41) is 4.30. The number of nitrogens with zero attached hydrogens (tertiary/aromatic N) is 2. The monoisotopic (exact) mass is 312 g/mol. The van der Waals surface area contributed by atoms with Crippen molar-refractivity contribution in [1.82, 2.24) is 9.78 Å². The molecule has 1 saturated carbocycles. The summed E-state index contributed by atoms with van der Waals surface area (Å²) in [5.41, 5.74) is 0. The van der Waals surface area contributed by atoms with Gasteiger partial charge in [0.1, 0.15) is 4.60 Å². The molecule has 1 aromatic rings. The molecule has 0 aliphatic heterocycles. The molecule has 4 heteroatoms. The van der Waals surface area contributed by atoms with Gasteiger partial charge in [-0.15, -0.1) is 0 Å². The molecule has 1 fully saturated rings. The Kier molecular flexibility index (Phi) is 1.76. The number of halogens is 2. The quantitative estimate of drug-likeness (QED) is 0.729. The van der Waals surface area contributed by atoms with E-state index in [4.69, 9.17) is 0 Å². The molecule has 1 aromatic heterocycles. The Morgan fingerprint density at radius 2 is 2.40 bits per heavy atom. The van der Waals surface area contributed by atoms with Crippen LogP contribution in [-0.4, -0.2) is 9.78 Å². The van der Waals surface area contributed by atoms with Crippen molar-refractivity contribution < 1.29 is 0 Å². The minimum atomic E-state index is 0.694. The van der Waals surface area contributed by atoms with Gasteiger partial charge in [0, 0.05) is 6.20 Å². The largest absolute Gasteiger partial charge is 0.267 e. The van der Waals surface area contributed by atoms with Gasteiger partial charge < -0.3 is 0 Å². The van der Waals surface area contributed by atoms with Gasteiger partial charge in [0.15, 0.2) is 0 Å². The molecule has 0 radical (unpaired) electrons. The highest BCUT2D eigenvalue weighted by Gasteiger charge is 2.24. The lowest BCUT2D eigenvalue weighted by Crippen LogP contribution is -1.92. The van der Waals surface area contributed by atoms with Gasteiger partial charge in [-0.25, -0.2) is 0 Å². The zero-order chi connectivity index (χ0) is 7.14. The van der Waals surface area contributed by atoms with Crippen molar-refractivity contribution in [2.45, 2.75) is 18.9 Å². The van der Waals surface area contributed by atoms with E-state index in [1.54, 1.807) is 0 Å². The normalized spacial score (nSPS) is 17.8. The van der Waals surface area contributed by atoms with E-state index in [1.165, 1.54) is 16.4 Å². The molecule has 0 unspecified atom stereocenters. The molecule has 54 valence electrons. The van der Waals surface area contributed by atoms with Crippen LogP contribution in [0.5, 0.6) is 0 Å². The molecular weight excluding hydrogens is 307 g/mol. The maximum Gasteiger partial charge on any atom is 0.141 e. The highest BCUT2D eigenvalue weighted by Crippen LogP contribution is 2.35. The minimum absolute atomic E-state index is 0.694. The summed E-state index contributed by atoms with van der Waals surface area (Å²) in [4.78, 5) is 0. The van der Waals surface area contributed by atoms with Gasteiger partial charge in [0.05, 0.1) is 9.61 Å². The Morgan fingerprint density at radius 3 is 2.80 bits per heavy atom. The lowest BCUT2D eigenvalue weighted by Gasteiger charge is -1.91. The van der Waals surface area contributed by atoms with Gasteiger partial charge in [-0.2, -0.15) is 5.10 Å². The summed E-state index contributed by atoms with van der Waals surface area (Å²) < 4.78 is 4.22. The molecule has 1 heterocycles. The highest BCUT2D eigenvalue weighted by atomic mass is 127. The van der Waals surface area contributed by atoms with E-state index in [9.17, 15) is 0 Å². The fraction of sp³-hybridized carbons (Fsp3) is 0.500. The molecule has 1 aliphatic carbocycles. The van der Waals surface area contributed by atoms with Crippen molar-refractivity contribution in [1.29, 1.82) is 0 Å². The summed E-state index contributed by atoms with van der Waals surface area (Å²) in [6.45, 7) is 0. The Labute approximate surface area is 81.3 Å². The fourth-order valence-corrected chi connectivity index (χ4v) is 1.55. The number of hydrogen-bond acceptors (Lipinski definition) is 1. The molecule has 0 saturated heterocycles. The molecule has 2 rings (SSSR count). The minimum Gasteiger partial charge on any atom is -0.267 e. The van der Waals surface area contributed by atoms with Crippen molar-refractivity contribution in [3.05, 3.63) is 14.4 Å². The van der Waals surface area contributed by atoms with E-state index >= 15 is 0 Å². The maximum absolute atomic E-state index is 4.30. The lowest BCUT2D eigenvalue weighted by molar-refractivity contribution is 0.637. The molecule has 2 nitrogen and oxygen atoms in total. The Balaban J connectivity index is 2.34. The van der Waals surface area contributed by atoms with Gasteiger partial charge in [-0.3, -0.25) is 4.68 Å². The predicted molar refractivity (Wildman–Crippen MR) is 50.9 cm³/mol. The predicted octanol–water partition coefficient (Wildman–Crippen LogP) is 2.59. The maximum atomic E-state index is 4.30. The van der Waals surface area contributed by atoms with Crippen molar-refractivity contribution in [3.63, 3.8) is 0 Å². The van der Waals surface area contributed by atoms with E-state index in [1.807, 2.05) is 4.68 Å². The molecule has 1 aliphatic rings. The molecule has 0 atom stereocenters. The Hall–Kier alpha value is 0.420. The van der Waals surface area contributed by atoms with Crippen molar-refractivity contribution in [2.75, 3.05) is 0 Å². The average molecular weight is 313 g/mol. The van der Waals surface area contributed by atoms with Crippen LogP contribution in [0.1, 0.15) is 18.9 Å². The number of hydrogen-bond donors (Lipinski definition) is 0. The van der Waals surface area contributed by atoms with Crippen molar-refractivity contribution in [2.24, 2.45) is 0 Å². The molecule has 10 heavy (non-hydrogen) atoms. The van der Waals surface area contributed by atoms with Crippen LogP contribution in [0, 0.1) is 3.57 Å². The first-order valence-electron chi connectivity index (χ1n) is 3.17. The van der Waals surface area contributed by atoms with Crippen LogP contribution in [0.25, 0.3) is 0 Å². The van der Waals surface area contributed by atoms with Crippen LogP contribution in [0.2, 0.25) is 0 Å². The molecule has 0 bridgehead atoms. The summed E-state index contributed by atoms with van der Waals surface area (Å²) in [7, 11) is 0. The third-order valence-electron chi connectivity index (χ3n) is 1.57. The third-order valence-corrected chi connectivity index (χ3v) is 3.68. The average Bonchev–Trinajstić information content (AvgIpc) is 2.64. The van der Waals surface area contributed by atoms with Crippen LogP contribution >= 0.6 is 38.5 Å². The Morgan fingerprint density at radius 1 is 1.70 bits per heavy atom. The first-order valence-corrected chi connectivity index (χ1v) is 5.04. The zero-order valence-corrected chi connectivity index (χ0v) is 8.96. The van der Waals surface area contributed by atoms with E-state index in [0.29, 0.717) is 6.04 Å². The first kappa shape index (κ1) is 7.09. The lowest BCUT2D eigenvalue weighted by atomic mass is 10.7. The van der Waals surface area contributed by atoms with Crippen molar-refractivity contribution in [3.8, 4) is 0 Å². The topological polar surface area (TPSA) is 17.8 Å². The summed E-state index contributed by atoms with van der Waals surface area (Å²) >= 11 is 5.65. The molecule has 0 amide bonds. The van der Waals surface area contributed by atoms with Gasteiger partial charge in [0.25, 0.3) is 0 Å². The van der Waals surface area contributed by atoms with Crippen LogP contribution in [0.3, 0.4) is 0 Å². The fourth-order valence-electron chi connectivity index (χ4n) is 0.874. The van der Waals surface area contributed by atoms with E-state index in [2.05, 4.69) is 49.8 Å². The zero-order valence-electron chi connectivity index (χ0n) is 5.22. The van der Waals surface area contributed by atoms with Crippen LogP contribution in [0.15, 0.2) is 10.8 Å². The molecule has 0 spiro atoms. The second-order valence-corrected chi connectivity index (χ2v) is 4.39. The first-order chi connectivity index (χ1) is 4.77. The van der Waals surface area contributed by atoms with Gasteiger partial charge >= 0.3 is 0 Å². The van der Waals surface area contributed by atoms with Crippen LogP contribution < -0.4 is 0 Å². The molecule has 0 N–H and O–H groups in total. The number of rotatable bonds is 1. The molecular formula is C6H6BrIN2. The smallest absolute Gasteiger partial charge is 0.141 e. The molecule has 0 aromatic carbocycles. The van der Waals surface area contributed by atoms with Crippen LogP contribution in [-0.2, 0) is 0 Å². The SMILES string of the molecule is Brc1nn(C2CC2)cc1I. The summed E-state index contributed by atoms with van der Waals surface area (Å²) in [5.74, 6) is 0. The van der Waals surface area contributed by atoms with Gasteiger partial charge in [-0.1, -0.05) is 0 Å². The van der Waals surface area contributed by atoms with Crippen LogP contribution in [0.4, 0.5) is 0 Å². The number of aromatic nitrogens is 2. The van der Waals surface area contributed by atoms with E-state index < -0.39 is 0 Å². The summed E-state index contributed by atoms with van der Waals surface area (Å²) in [6, 6.07) is 0.694. The van der Waals surface area contributed by atoms with Gasteiger partial charge in [0.2, 0.25) is 0 Å². The third kappa shape index (κ3) is 1.23. The van der Waals surface area contributed by atoms with Gasteiger partial charge in [-0.05, 0) is 51.4 Å². The van der Waals surface area contributed by atoms with E-state index in [0.717, 1.165) is 4.60 Å². The highest BCUT2D eigenvalue weighted by molar-refractivity contribution is 14.1. The second kappa shape index (κ2) is 2.48.